The average molecular weight is 279 g/mol. The molecule has 0 aromatic heterocycles. The Morgan fingerprint density at radius 3 is 2.85 bits per heavy atom. The number of ether oxygens (including phenoxy) is 1. The normalized spacial score (nSPS) is 25.2. The van der Waals surface area contributed by atoms with E-state index in [1.807, 2.05) is 0 Å². The summed E-state index contributed by atoms with van der Waals surface area (Å²) in [6.07, 6.45) is 3.04. The van der Waals surface area contributed by atoms with Crippen LogP contribution in [0.25, 0.3) is 0 Å². The van der Waals surface area contributed by atoms with Gasteiger partial charge in [0.15, 0.2) is 0 Å². The van der Waals surface area contributed by atoms with Crippen molar-refractivity contribution < 1.29 is 14.2 Å². The van der Waals surface area contributed by atoms with Crippen LogP contribution in [0.15, 0.2) is 18.2 Å². The van der Waals surface area contributed by atoms with E-state index in [9.17, 15) is 9.50 Å². The van der Waals surface area contributed by atoms with Crippen LogP contribution in [0.5, 0.6) is 5.75 Å². The van der Waals surface area contributed by atoms with Crippen LogP contribution in [0, 0.1) is 5.82 Å². The molecule has 3 nitrogen and oxygen atoms in total. The Labute approximate surface area is 119 Å². The molecule has 0 unspecified atom stereocenters. The van der Waals surface area contributed by atoms with Crippen LogP contribution in [0.1, 0.15) is 44.3 Å². The molecule has 110 valence electrons. The number of rotatable bonds is 2. The summed E-state index contributed by atoms with van der Waals surface area (Å²) in [7, 11) is 0. The maximum absolute atomic E-state index is 13.4. The lowest BCUT2D eigenvalue weighted by Gasteiger charge is -2.46. The summed E-state index contributed by atoms with van der Waals surface area (Å²) in [5, 5.41) is 10.3. The lowest BCUT2D eigenvalue weighted by atomic mass is 9.81. The van der Waals surface area contributed by atoms with Crippen LogP contribution in [0.4, 0.5) is 4.39 Å². The zero-order valence-corrected chi connectivity index (χ0v) is 11.9. The van der Waals surface area contributed by atoms with E-state index in [-0.39, 0.29) is 11.4 Å². The van der Waals surface area contributed by atoms with Gasteiger partial charge in [0, 0.05) is 31.1 Å². The van der Waals surface area contributed by atoms with Crippen LogP contribution in [-0.2, 0) is 0 Å². The molecular weight excluding hydrogens is 257 g/mol. The van der Waals surface area contributed by atoms with Gasteiger partial charge in [-0.3, -0.25) is 0 Å². The lowest BCUT2D eigenvalue weighted by molar-refractivity contribution is -0.0540. The minimum atomic E-state index is -0.544. The third-order valence-corrected chi connectivity index (χ3v) is 4.53. The number of benzene rings is 1. The summed E-state index contributed by atoms with van der Waals surface area (Å²) in [6.45, 7) is 5.28. The maximum atomic E-state index is 13.4. The second-order valence-electron chi connectivity index (χ2n) is 6.03. The molecule has 1 N–H and O–H groups in total. The highest BCUT2D eigenvalue weighted by atomic mass is 19.1. The first kappa shape index (κ1) is 13.8. The van der Waals surface area contributed by atoms with Crippen molar-refractivity contribution >= 4 is 0 Å². The van der Waals surface area contributed by atoms with Crippen LogP contribution in [0.3, 0.4) is 0 Å². The van der Waals surface area contributed by atoms with E-state index in [1.54, 1.807) is 6.07 Å². The highest BCUT2D eigenvalue weighted by Crippen LogP contribution is 2.44. The summed E-state index contributed by atoms with van der Waals surface area (Å²) in [5.41, 5.74) is 0.401. The molecule has 1 saturated heterocycles. The molecule has 1 aromatic carbocycles. The number of nitrogens with zero attached hydrogens (tertiary/aromatic N) is 1. The fraction of sp³-hybridized carbons (Fsp3) is 0.625. The Balaban J connectivity index is 1.77. The number of piperidine rings is 1. The van der Waals surface area contributed by atoms with Gasteiger partial charge < -0.3 is 14.7 Å². The SMILES string of the molecule is CCCN1CCC2(CC1)C[C@@H](O)c1ccc(F)cc1O2. The molecule has 4 heteroatoms. The monoisotopic (exact) mass is 279 g/mol. The Bertz CT molecular complexity index is 483. The minimum absolute atomic E-state index is 0.309. The quantitative estimate of drug-likeness (QED) is 0.903. The predicted molar refractivity (Wildman–Crippen MR) is 75.3 cm³/mol. The standard InChI is InChI=1S/C16H22FNO2/c1-2-7-18-8-5-16(6-9-18)11-14(19)13-4-3-12(17)10-15(13)20-16/h3-4,10,14,19H,2,5-9,11H2,1H3/t14-/m1/s1. The summed E-state index contributed by atoms with van der Waals surface area (Å²) >= 11 is 0. The van der Waals surface area contributed by atoms with Crippen LogP contribution in [0.2, 0.25) is 0 Å². The fourth-order valence-electron chi connectivity index (χ4n) is 3.42. The third-order valence-electron chi connectivity index (χ3n) is 4.53. The molecular formula is C16H22FNO2. The van der Waals surface area contributed by atoms with Crippen molar-refractivity contribution in [1.82, 2.24) is 4.90 Å². The number of hydrogen-bond donors (Lipinski definition) is 1. The fourth-order valence-corrected chi connectivity index (χ4v) is 3.42. The summed E-state index contributed by atoms with van der Waals surface area (Å²) < 4.78 is 19.5. The number of aliphatic hydroxyl groups is 1. The van der Waals surface area contributed by atoms with Crippen molar-refractivity contribution in [3.63, 3.8) is 0 Å². The molecule has 1 aromatic rings. The summed E-state index contributed by atoms with van der Waals surface area (Å²) in [6, 6.07) is 4.42. The molecule has 0 saturated carbocycles. The largest absolute Gasteiger partial charge is 0.487 e. The van der Waals surface area contributed by atoms with Gasteiger partial charge in [-0.05, 0) is 37.9 Å². The van der Waals surface area contributed by atoms with Gasteiger partial charge >= 0.3 is 0 Å². The van der Waals surface area contributed by atoms with E-state index in [0.717, 1.165) is 38.9 Å². The number of likely N-dealkylation sites (tertiary alicyclic amines) is 1. The molecule has 20 heavy (non-hydrogen) atoms. The number of fused-ring (bicyclic) bond motifs is 1. The van der Waals surface area contributed by atoms with E-state index in [2.05, 4.69) is 11.8 Å². The van der Waals surface area contributed by atoms with E-state index < -0.39 is 6.10 Å². The first-order chi connectivity index (χ1) is 9.62. The number of aliphatic hydroxyl groups excluding tert-OH is 1. The van der Waals surface area contributed by atoms with Crippen molar-refractivity contribution in [1.29, 1.82) is 0 Å². The Hall–Kier alpha value is -1.13. The maximum Gasteiger partial charge on any atom is 0.128 e. The molecule has 1 atom stereocenters. The average Bonchev–Trinajstić information content (AvgIpc) is 2.41. The zero-order chi connectivity index (χ0) is 14.2. The number of halogens is 1. The molecule has 2 aliphatic rings. The van der Waals surface area contributed by atoms with Gasteiger partial charge in [-0.25, -0.2) is 4.39 Å². The van der Waals surface area contributed by atoms with Gasteiger partial charge in [0.1, 0.15) is 17.2 Å². The summed E-state index contributed by atoms with van der Waals surface area (Å²) in [4.78, 5) is 2.43. The molecule has 1 fully saturated rings. The predicted octanol–water partition coefficient (Wildman–Crippen LogP) is 2.89. The lowest BCUT2D eigenvalue weighted by Crippen LogP contribution is -2.50. The van der Waals surface area contributed by atoms with Gasteiger partial charge in [-0.1, -0.05) is 6.92 Å². The van der Waals surface area contributed by atoms with Crippen molar-refractivity contribution in [2.45, 2.75) is 44.3 Å². The first-order valence-corrected chi connectivity index (χ1v) is 7.51. The van der Waals surface area contributed by atoms with E-state index in [0.29, 0.717) is 17.7 Å². The van der Waals surface area contributed by atoms with Gasteiger partial charge in [0.25, 0.3) is 0 Å². The third kappa shape index (κ3) is 2.54. The van der Waals surface area contributed by atoms with Gasteiger partial charge in [-0.2, -0.15) is 0 Å². The zero-order valence-electron chi connectivity index (χ0n) is 11.9. The minimum Gasteiger partial charge on any atom is -0.487 e. The van der Waals surface area contributed by atoms with Gasteiger partial charge in [0.2, 0.25) is 0 Å². The highest BCUT2D eigenvalue weighted by molar-refractivity contribution is 5.38. The molecule has 1 spiro atoms. The van der Waals surface area contributed by atoms with Crippen molar-refractivity contribution in [2.24, 2.45) is 0 Å². The first-order valence-electron chi connectivity index (χ1n) is 7.51. The van der Waals surface area contributed by atoms with Gasteiger partial charge in [-0.15, -0.1) is 0 Å². The topological polar surface area (TPSA) is 32.7 Å². The van der Waals surface area contributed by atoms with Crippen molar-refractivity contribution in [2.75, 3.05) is 19.6 Å². The Morgan fingerprint density at radius 2 is 2.15 bits per heavy atom. The molecule has 2 aliphatic heterocycles. The molecule has 0 radical (unpaired) electrons. The smallest absolute Gasteiger partial charge is 0.128 e. The number of hydrogen-bond acceptors (Lipinski definition) is 3. The van der Waals surface area contributed by atoms with Crippen molar-refractivity contribution in [3.05, 3.63) is 29.6 Å². The Morgan fingerprint density at radius 1 is 1.40 bits per heavy atom. The highest BCUT2D eigenvalue weighted by Gasteiger charge is 2.42. The second-order valence-corrected chi connectivity index (χ2v) is 6.03. The molecule has 0 bridgehead atoms. The Kier molecular flexibility index (Phi) is 3.69. The van der Waals surface area contributed by atoms with Crippen LogP contribution >= 0.6 is 0 Å². The van der Waals surface area contributed by atoms with Crippen molar-refractivity contribution in [3.8, 4) is 5.75 Å². The van der Waals surface area contributed by atoms with Crippen LogP contribution in [-0.4, -0.2) is 35.2 Å². The van der Waals surface area contributed by atoms with Crippen LogP contribution < -0.4 is 4.74 Å². The molecule has 0 amide bonds. The van der Waals surface area contributed by atoms with E-state index in [1.165, 1.54) is 12.1 Å². The van der Waals surface area contributed by atoms with E-state index in [4.69, 9.17) is 4.74 Å². The molecule has 0 aliphatic carbocycles. The molecule has 2 heterocycles. The second kappa shape index (κ2) is 5.34. The molecule has 3 rings (SSSR count). The summed E-state index contributed by atoms with van der Waals surface area (Å²) in [5.74, 6) is 0.212. The van der Waals surface area contributed by atoms with Gasteiger partial charge in [0.05, 0.1) is 6.10 Å². The van der Waals surface area contributed by atoms with E-state index >= 15 is 0 Å².